The molecular formula is C31H43N3O4. The van der Waals surface area contributed by atoms with Gasteiger partial charge in [-0.1, -0.05) is 50.2 Å². The minimum absolute atomic E-state index is 0.0794. The third kappa shape index (κ3) is 7.59. The van der Waals surface area contributed by atoms with Gasteiger partial charge in [0.25, 0.3) is 5.91 Å². The highest BCUT2D eigenvalue weighted by Gasteiger charge is 2.45. The molecule has 1 saturated carbocycles. The number of anilines is 1. The normalized spacial score (nSPS) is 15.0. The lowest BCUT2D eigenvalue weighted by atomic mass is 9.92. The number of alkyl carbamates (subject to hydrolysis) is 1. The zero-order valence-corrected chi connectivity index (χ0v) is 24.1. The van der Waals surface area contributed by atoms with Gasteiger partial charge in [-0.2, -0.15) is 0 Å². The summed E-state index contributed by atoms with van der Waals surface area (Å²) in [6.07, 6.45) is 1.41. The third-order valence-corrected chi connectivity index (χ3v) is 6.64. The summed E-state index contributed by atoms with van der Waals surface area (Å²) in [5, 5.41) is 5.90. The monoisotopic (exact) mass is 521 g/mol. The highest BCUT2D eigenvalue weighted by Crippen LogP contribution is 2.38. The van der Waals surface area contributed by atoms with Crippen LogP contribution in [0, 0.1) is 26.7 Å². The van der Waals surface area contributed by atoms with Gasteiger partial charge in [0.2, 0.25) is 5.91 Å². The number of hydrogen-bond donors (Lipinski definition) is 2. The Balaban J connectivity index is 2.05. The van der Waals surface area contributed by atoms with Gasteiger partial charge in [0, 0.05) is 11.7 Å². The summed E-state index contributed by atoms with van der Waals surface area (Å²) in [7, 11) is 0. The summed E-state index contributed by atoms with van der Waals surface area (Å²) in [5.41, 5.74) is 3.65. The van der Waals surface area contributed by atoms with Crippen molar-refractivity contribution in [1.29, 1.82) is 0 Å². The molecule has 0 aromatic heterocycles. The van der Waals surface area contributed by atoms with Gasteiger partial charge in [-0.25, -0.2) is 4.79 Å². The van der Waals surface area contributed by atoms with E-state index >= 15 is 0 Å². The quantitative estimate of drug-likeness (QED) is 0.410. The molecule has 2 aromatic rings. The maximum absolute atomic E-state index is 14.3. The fraction of sp³-hybridized carbons (Fsp3) is 0.516. The molecule has 1 aliphatic carbocycles. The van der Waals surface area contributed by atoms with E-state index in [2.05, 4.69) is 10.6 Å². The first-order valence-corrected chi connectivity index (χ1v) is 13.5. The Morgan fingerprint density at radius 1 is 0.947 bits per heavy atom. The maximum atomic E-state index is 14.3. The molecule has 0 spiro atoms. The summed E-state index contributed by atoms with van der Waals surface area (Å²) in [6, 6.07) is 11.8. The number of carbonyl (C=O) groups is 3. The minimum Gasteiger partial charge on any atom is -0.444 e. The lowest BCUT2D eigenvalue weighted by molar-refractivity contribution is -0.141. The van der Waals surface area contributed by atoms with Crippen molar-refractivity contribution in [3.8, 4) is 0 Å². The third-order valence-electron chi connectivity index (χ3n) is 6.64. The first-order chi connectivity index (χ1) is 17.8. The van der Waals surface area contributed by atoms with Crippen LogP contribution in [0.5, 0.6) is 0 Å². The van der Waals surface area contributed by atoms with Crippen molar-refractivity contribution in [2.24, 2.45) is 5.92 Å². The fourth-order valence-electron chi connectivity index (χ4n) is 4.76. The number of carbonyl (C=O) groups excluding carboxylic acids is 3. The van der Waals surface area contributed by atoms with Crippen molar-refractivity contribution in [3.05, 3.63) is 64.7 Å². The first-order valence-electron chi connectivity index (χ1n) is 13.5. The second-order valence-corrected chi connectivity index (χ2v) is 11.8. The summed E-state index contributed by atoms with van der Waals surface area (Å²) in [4.78, 5) is 42.8. The highest BCUT2D eigenvalue weighted by atomic mass is 16.6. The van der Waals surface area contributed by atoms with Crippen LogP contribution in [0.15, 0.2) is 42.5 Å². The van der Waals surface area contributed by atoms with Crippen molar-refractivity contribution in [3.63, 3.8) is 0 Å². The van der Waals surface area contributed by atoms with Crippen molar-refractivity contribution in [1.82, 2.24) is 10.2 Å². The molecule has 0 aliphatic heterocycles. The summed E-state index contributed by atoms with van der Waals surface area (Å²) < 4.78 is 5.48. The Labute approximate surface area is 227 Å². The SMILES string of the molecule is Cc1ccccc1NC(=O)C(c1c(C)cccc1C)N(C(=O)C(CC(C)C)NC(=O)OC(C)(C)C)C1CC1. The molecule has 7 heteroatoms. The number of hydrogen-bond acceptors (Lipinski definition) is 4. The van der Waals surface area contributed by atoms with Gasteiger partial charge >= 0.3 is 6.09 Å². The average molecular weight is 522 g/mol. The van der Waals surface area contributed by atoms with Crippen LogP contribution in [-0.2, 0) is 14.3 Å². The van der Waals surface area contributed by atoms with Gasteiger partial charge in [0.1, 0.15) is 17.7 Å². The molecule has 0 bridgehead atoms. The van der Waals surface area contributed by atoms with Crippen LogP contribution in [0.4, 0.5) is 10.5 Å². The number of benzene rings is 2. The second-order valence-electron chi connectivity index (χ2n) is 11.8. The van der Waals surface area contributed by atoms with E-state index in [1.165, 1.54) is 0 Å². The van der Waals surface area contributed by atoms with E-state index in [4.69, 9.17) is 4.74 Å². The molecule has 206 valence electrons. The lowest BCUT2D eigenvalue weighted by Crippen LogP contribution is -2.53. The minimum atomic E-state index is -0.842. The highest BCUT2D eigenvalue weighted by molar-refractivity contribution is 6.00. The molecule has 38 heavy (non-hydrogen) atoms. The molecule has 2 atom stereocenters. The molecule has 2 unspecified atom stereocenters. The lowest BCUT2D eigenvalue weighted by Gasteiger charge is -2.36. The molecule has 1 fully saturated rings. The Morgan fingerprint density at radius 2 is 1.53 bits per heavy atom. The van der Waals surface area contributed by atoms with Gasteiger partial charge in [-0.15, -0.1) is 0 Å². The number of rotatable bonds is 9. The molecule has 3 amide bonds. The number of para-hydroxylation sites is 1. The van der Waals surface area contributed by atoms with Crippen LogP contribution >= 0.6 is 0 Å². The summed E-state index contributed by atoms with van der Waals surface area (Å²) >= 11 is 0. The number of amides is 3. The predicted octanol–water partition coefficient (Wildman–Crippen LogP) is 6.22. The van der Waals surface area contributed by atoms with Crippen molar-refractivity contribution >= 4 is 23.6 Å². The number of aryl methyl sites for hydroxylation is 3. The van der Waals surface area contributed by atoms with E-state index in [9.17, 15) is 14.4 Å². The van der Waals surface area contributed by atoms with Crippen molar-refractivity contribution in [2.75, 3.05) is 5.32 Å². The summed E-state index contributed by atoms with van der Waals surface area (Å²) in [6.45, 7) is 15.3. The van der Waals surface area contributed by atoms with Crippen LogP contribution < -0.4 is 10.6 Å². The van der Waals surface area contributed by atoms with Crippen LogP contribution in [0.3, 0.4) is 0 Å². The molecule has 2 aromatic carbocycles. The Hall–Kier alpha value is -3.35. The van der Waals surface area contributed by atoms with E-state index in [1.54, 1.807) is 25.7 Å². The Kier molecular flexibility index (Phi) is 9.23. The smallest absolute Gasteiger partial charge is 0.408 e. The average Bonchev–Trinajstić information content (AvgIpc) is 3.62. The predicted molar refractivity (Wildman–Crippen MR) is 151 cm³/mol. The van der Waals surface area contributed by atoms with Crippen LogP contribution in [-0.4, -0.2) is 40.5 Å². The zero-order valence-electron chi connectivity index (χ0n) is 24.1. The van der Waals surface area contributed by atoms with E-state index in [0.717, 1.165) is 35.1 Å². The number of nitrogens with zero attached hydrogens (tertiary/aromatic N) is 1. The largest absolute Gasteiger partial charge is 0.444 e. The summed E-state index contributed by atoms with van der Waals surface area (Å²) in [5.74, 6) is -0.392. The molecule has 2 N–H and O–H groups in total. The Bertz CT molecular complexity index is 1140. The number of ether oxygens (including phenoxy) is 1. The van der Waals surface area contributed by atoms with Gasteiger partial charge in [-0.05, 0) is 95.0 Å². The molecule has 7 nitrogen and oxygen atoms in total. The fourth-order valence-corrected chi connectivity index (χ4v) is 4.76. The van der Waals surface area contributed by atoms with Crippen molar-refractivity contribution in [2.45, 2.75) is 98.4 Å². The van der Waals surface area contributed by atoms with Gasteiger partial charge < -0.3 is 20.3 Å². The van der Waals surface area contributed by atoms with Crippen LogP contribution in [0.1, 0.15) is 82.2 Å². The van der Waals surface area contributed by atoms with Gasteiger partial charge in [-0.3, -0.25) is 9.59 Å². The molecule has 0 saturated heterocycles. The Morgan fingerprint density at radius 3 is 2.05 bits per heavy atom. The standard InChI is InChI=1S/C31H43N3O4/c1-19(2)18-25(33-30(37)38-31(6,7)8)29(36)34(23-16-17-23)27(26-21(4)13-11-14-22(26)5)28(35)32-24-15-10-9-12-20(24)3/h9-15,19,23,25,27H,16-18H2,1-8H3,(H,32,35)(H,33,37). The topological polar surface area (TPSA) is 87.7 Å². The molecule has 0 radical (unpaired) electrons. The van der Waals surface area contributed by atoms with Gasteiger partial charge in [0.15, 0.2) is 0 Å². The first kappa shape index (κ1) is 29.2. The second kappa shape index (κ2) is 12.0. The number of nitrogens with one attached hydrogen (secondary N) is 2. The molecule has 1 aliphatic rings. The maximum Gasteiger partial charge on any atom is 0.408 e. The van der Waals surface area contributed by atoms with Gasteiger partial charge in [0.05, 0.1) is 0 Å². The van der Waals surface area contributed by atoms with E-state index in [-0.39, 0.29) is 23.8 Å². The van der Waals surface area contributed by atoms with Crippen LogP contribution in [0.25, 0.3) is 0 Å². The van der Waals surface area contributed by atoms with Crippen LogP contribution in [0.2, 0.25) is 0 Å². The molecule has 0 heterocycles. The van der Waals surface area contributed by atoms with E-state index in [0.29, 0.717) is 12.1 Å². The van der Waals surface area contributed by atoms with Crippen molar-refractivity contribution < 1.29 is 19.1 Å². The van der Waals surface area contributed by atoms with E-state index < -0.39 is 23.8 Å². The zero-order chi connectivity index (χ0) is 28.2. The van der Waals surface area contributed by atoms with E-state index in [1.807, 2.05) is 77.1 Å². The molecular weight excluding hydrogens is 478 g/mol. The molecule has 3 rings (SSSR count).